The Bertz CT molecular complexity index is 548. The molecule has 0 amide bonds. The fourth-order valence-electron chi connectivity index (χ4n) is 2.05. The molecular formula is C11H13IN4O. The molecule has 0 atom stereocenters. The van der Waals surface area contributed by atoms with Gasteiger partial charge in [0.15, 0.2) is 11.5 Å². The first-order valence-corrected chi connectivity index (χ1v) is 6.67. The molecule has 1 aliphatic heterocycles. The smallest absolute Gasteiger partial charge is 0.181 e. The van der Waals surface area contributed by atoms with Crippen LogP contribution in [0.25, 0.3) is 5.65 Å². The summed E-state index contributed by atoms with van der Waals surface area (Å²) >= 11 is 2.31. The standard InChI is InChI=1S/C11H13IN4O/c1-8-9(12)16-3-2-13-10(11(16)14-8)15-4-6-17-7-5-15/h2-3H,4-7H2,1H3. The highest BCUT2D eigenvalue weighted by molar-refractivity contribution is 14.1. The van der Waals surface area contributed by atoms with Crippen LogP contribution in [0.5, 0.6) is 0 Å². The van der Waals surface area contributed by atoms with Crippen LogP contribution in [-0.4, -0.2) is 40.7 Å². The predicted octanol–water partition coefficient (Wildman–Crippen LogP) is 1.48. The van der Waals surface area contributed by atoms with Crippen molar-refractivity contribution < 1.29 is 4.74 Å². The Balaban J connectivity index is 2.12. The van der Waals surface area contributed by atoms with Crippen LogP contribution in [0.15, 0.2) is 12.4 Å². The number of nitrogens with zero attached hydrogens (tertiary/aromatic N) is 4. The number of fused-ring (bicyclic) bond motifs is 1. The molecule has 0 radical (unpaired) electrons. The van der Waals surface area contributed by atoms with Crippen LogP contribution >= 0.6 is 22.6 Å². The summed E-state index contributed by atoms with van der Waals surface area (Å²) in [4.78, 5) is 11.3. The van der Waals surface area contributed by atoms with E-state index in [9.17, 15) is 0 Å². The minimum absolute atomic E-state index is 0.763. The summed E-state index contributed by atoms with van der Waals surface area (Å²) in [7, 11) is 0. The van der Waals surface area contributed by atoms with E-state index in [4.69, 9.17) is 4.74 Å². The lowest BCUT2D eigenvalue weighted by Gasteiger charge is -2.27. The van der Waals surface area contributed by atoms with Crippen molar-refractivity contribution in [3.63, 3.8) is 0 Å². The molecule has 3 rings (SSSR count). The first-order valence-electron chi connectivity index (χ1n) is 5.59. The number of imidazole rings is 1. The molecule has 2 aromatic rings. The topological polar surface area (TPSA) is 42.7 Å². The molecule has 2 aromatic heterocycles. The number of anilines is 1. The van der Waals surface area contributed by atoms with Crippen molar-refractivity contribution in [1.29, 1.82) is 0 Å². The summed E-state index contributed by atoms with van der Waals surface area (Å²) in [6.45, 7) is 5.32. The molecule has 0 N–H and O–H groups in total. The number of hydrogen-bond acceptors (Lipinski definition) is 4. The van der Waals surface area contributed by atoms with Crippen molar-refractivity contribution in [2.45, 2.75) is 6.92 Å². The van der Waals surface area contributed by atoms with Crippen molar-refractivity contribution >= 4 is 34.1 Å². The second-order valence-corrected chi connectivity index (χ2v) is 5.05. The Morgan fingerprint density at radius 2 is 2.12 bits per heavy atom. The van der Waals surface area contributed by atoms with Gasteiger partial charge in [-0.2, -0.15) is 0 Å². The van der Waals surface area contributed by atoms with Crippen LogP contribution in [0.3, 0.4) is 0 Å². The third-order valence-electron chi connectivity index (χ3n) is 2.94. The molecule has 0 unspecified atom stereocenters. The van der Waals surface area contributed by atoms with E-state index in [0.717, 1.165) is 47.2 Å². The van der Waals surface area contributed by atoms with E-state index in [1.165, 1.54) is 0 Å². The molecular weight excluding hydrogens is 331 g/mol. The third-order valence-corrected chi connectivity index (χ3v) is 4.24. The number of aromatic nitrogens is 3. The number of hydrogen-bond donors (Lipinski definition) is 0. The SMILES string of the molecule is Cc1nc2c(N3CCOCC3)nccn2c1I. The molecule has 0 aliphatic carbocycles. The molecule has 17 heavy (non-hydrogen) atoms. The fraction of sp³-hybridized carbons (Fsp3) is 0.455. The second kappa shape index (κ2) is 4.41. The maximum atomic E-state index is 5.36. The van der Waals surface area contributed by atoms with Gasteiger partial charge in [0.2, 0.25) is 0 Å². The predicted molar refractivity (Wildman–Crippen MR) is 73.5 cm³/mol. The second-order valence-electron chi connectivity index (χ2n) is 4.03. The van der Waals surface area contributed by atoms with E-state index in [-0.39, 0.29) is 0 Å². The van der Waals surface area contributed by atoms with Crippen LogP contribution in [-0.2, 0) is 4.74 Å². The van der Waals surface area contributed by atoms with Crippen molar-refractivity contribution in [2.24, 2.45) is 0 Å². The molecule has 6 heteroatoms. The average Bonchev–Trinajstić information content (AvgIpc) is 2.67. The molecule has 0 saturated carbocycles. The minimum Gasteiger partial charge on any atom is -0.378 e. The average molecular weight is 344 g/mol. The number of rotatable bonds is 1. The lowest BCUT2D eigenvalue weighted by atomic mass is 10.4. The van der Waals surface area contributed by atoms with Gasteiger partial charge in [-0.3, -0.25) is 4.40 Å². The highest BCUT2D eigenvalue weighted by Gasteiger charge is 2.18. The van der Waals surface area contributed by atoms with E-state index in [2.05, 4.69) is 41.9 Å². The van der Waals surface area contributed by atoms with Crippen molar-refractivity contribution in [1.82, 2.24) is 14.4 Å². The monoisotopic (exact) mass is 344 g/mol. The van der Waals surface area contributed by atoms with E-state index in [0.29, 0.717) is 0 Å². The van der Waals surface area contributed by atoms with Crippen LogP contribution in [0.4, 0.5) is 5.82 Å². The number of morpholine rings is 1. The summed E-state index contributed by atoms with van der Waals surface area (Å²) in [5.74, 6) is 0.960. The molecule has 1 aliphatic rings. The summed E-state index contributed by atoms with van der Waals surface area (Å²) in [6.07, 6.45) is 3.79. The maximum Gasteiger partial charge on any atom is 0.181 e. The number of aryl methyl sites for hydroxylation is 1. The molecule has 3 heterocycles. The maximum absolute atomic E-state index is 5.36. The summed E-state index contributed by atoms with van der Waals surface area (Å²) in [6, 6.07) is 0. The van der Waals surface area contributed by atoms with Gasteiger partial charge in [-0.15, -0.1) is 0 Å². The molecule has 0 aromatic carbocycles. The lowest BCUT2D eigenvalue weighted by Crippen LogP contribution is -2.37. The van der Waals surface area contributed by atoms with Gasteiger partial charge in [-0.25, -0.2) is 9.97 Å². The summed E-state index contributed by atoms with van der Waals surface area (Å²) in [5.41, 5.74) is 1.99. The minimum atomic E-state index is 0.763. The van der Waals surface area contributed by atoms with Gasteiger partial charge in [0.25, 0.3) is 0 Å². The third kappa shape index (κ3) is 1.89. The highest BCUT2D eigenvalue weighted by atomic mass is 127. The van der Waals surface area contributed by atoms with E-state index >= 15 is 0 Å². The van der Waals surface area contributed by atoms with Gasteiger partial charge in [-0.05, 0) is 29.5 Å². The van der Waals surface area contributed by atoms with Crippen molar-refractivity contribution in [2.75, 3.05) is 31.2 Å². The summed E-state index contributed by atoms with van der Waals surface area (Å²) in [5, 5.41) is 0. The zero-order valence-electron chi connectivity index (χ0n) is 9.56. The molecule has 1 saturated heterocycles. The van der Waals surface area contributed by atoms with E-state index in [1.807, 2.05) is 19.3 Å². The van der Waals surface area contributed by atoms with Gasteiger partial charge >= 0.3 is 0 Å². The van der Waals surface area contributed by atoms with Gasteiger partial charge in [0.05, 0.1) is 18.9 Å². The number of halogens is 1. The number of ether oxygens (including phenoxy) is 1. The van der Waals surface area contributed by atoms with Gasteiger partial charge < -0.3 is 9.64 Å². The molecule has 5 nitrogen and oxygen atoms in total. The van der Waals surface area contributed by atoms with E-state index in [1.54, 1.807) is 0 Å². The quantitative estimate of drug-likeness (QED) is 0.735. The van der Waals surface area contributed by atoms with Crippen LogP contribution < -0.4 is 4.90 Å². The Morgan fingerprint density at radius 3 is 2.88 bits per heavy atom. The molecule has 0 bridgehead atoms. The van der Waals surface area contributed by atoms with E-state index < -0.39 is 0 Å². The Hall–Kier alpha value is -0.890. The normalized spacial score (nSPS) is 16.7. The molecule has 1 fully saturated rings. The Labute approximate surface area is 113 Å². The Morgan fingerprint density at radius 1 is 1.35 bits per heavy atom. The molecule has 0 spiro atoms. The highest BCUT2D eigenvalue weighted by Crippen LogP contribution is 2.22. The van der Waals surface area contributed by atoms with Gasteiger partial charge in [-0.1, -0.05) is 0 Å². The first-order chi connectivity index (χ1) is 8.27. The fourth-order valence-corrected chi connectivity index (χ4v) is 2.56. The van der Waals surface area contributed by atoms with Gasteiger partial charge in [0.1, 0.15) is 3.70 Å². The van der Waals surface area contributed by atoms with Crippen LogP contribution in [0.1, 0.15) is 5.69 Å². The van der Waals surface area contributed by atoms with Gasteiger partial charge in [0, 0.05) is 25.5 Å². The van der Waals surface area contributed by atoms with Crippen LogP contribution in [0.2, 0.25) is 0 Å². The first kappa shape index (κ1) is 11.2. The van der Waals surface area contributed by atoms with Crippen molar-refractivity contribution in [3.05, 3.63) is 21.8 Å². The Kier molecular flexibility index (Phi) is 2.91. The molecule has 90 valence electrons. The lowest BCUT2D eigenvalue weighted by molar-refractivity contribution is 0.122. The van der Waals surface area contributed by atoms with Crippen molar-refractivity contribution in [3.8, 4) is 0 Å². The summed E-state index contributed by atoms with van der Waals surface area (Å²) < 4.78 is 8.60. The zero-order chi connectivity index (χ0) is 11.8. The zero-order valence-corrected chi connectivity index (χ0v) is 11.7. The largest absolute Gasteiger partial charge is 0.378 e. The van der Waals surface area contributed by atoms with Crippen LogP contribution in [0, 0.1) is 10.6 Å².